The van der Waals surface area contributed by atoms with Crippen LogP contribution in [0, 0.1) is 0 Å². The molecule has 3 heterocycles. The molecule has 0 N–H and O–H groups in total. The summed E-state index contributed by atoms with van der Waals surface area (Å²) in [7, 11) is 0. The lowest BCUT2D eigenvalue weighted by Gasteiger charge is -2.20. The van der Waals surface area contributed by atoms with Crippen molar-refractivity contribution >= 4 is 28.7 Å². The van der Waals surface area contributed by atoms with Gasteiger partial charge in [0.05, 0.1) is 0 Å². The molecule has 0 saturated heterocycles. The molecule has 8 nitrogen and oxygen atoms in total. The lowest BCUT2D eigenvalue weighted by atomic mass is 10.0. The first-order valence-corrected chi connectivity index (χ1v) is 9.36. The molecule has 3 aromatic rings. The van der Waals surface area contributed by atoms with Crippen LogP contribution in [-0.2, 0) is 17.8 Å². The molecular weight excluding hydrogens is 366 g/mol. The normalized spacial score (nSPS) is 15.8. The molecular formula is C18H17N5O3S. The third-order valence-corrected chi connectivity index (χ3v) is 5.45. The third-order valence-electron chi connectivity index (χ3n) is 4.60. The van der Waals surface area contributed by atoms with E-state index in [0.717, 1.165) is 15.9 Å². The highest BCUT2D eigenvalue weighted by Gasteiger charge is 2.29. The van der Waals surface area contributed by atoms with E-state index in [2.05, 4.69) is 10.4 Å². The van der Waals surface area contributed by atoms with Crippen molar-refractivity contribution in [2.75, 3.05) is 4.90 Å². The molecule has 1 amide bonds. The van der Waals surface area contributed by atoms with E-state index >= 15 is 0 Å². The summed E-state index contributed by atoms with van der Waals surface area (Å²) in [5.41, 5.74) is 1.83. The molecule has 2 aromatic heterocycles. The van der Waals surface area contributed by atoms with Crippen LogP contribution in [0.1, 0.15) is 29.8 Å². The molecule has 1 aliphatic rings. The average Bonchev–Trinajstić information content (AvgIpc) is 3.33. The number of amides is 1. The second-order valence-corrected chi connectivity index (χ2v) is 7.42. The smallest absolute Gasteiger partial charge is 0.309 e. The lowest BCUT2D eigenvalue weighted by molar-refractivity contribution is -0.116. The lowest BCUT2D eigenvalue weighted by Crippen LogP contribution is -2.33. The van der Waals surface area contributed by atoms with Crippen molar-refractivity contribution in [2.45, 2.75) is 32.9 Å². The molecule has 0 aliphatic carbocycles. The van der Waals surface area contributed by atoms with Gasteiger partial charge in [-0.2, -0.15) is 9.36 Å². The molecule has 0 saturated carbocycles. The maximum absolute atomic E-state index is 12.6. The van der Waals surface area contributed by atoms with Crippen molar-refractivity contribution in [1.82, 2.24) is 19.8 Å². The summed E-state index contributed by atoms with van der Waals surface area (Å²) >= 11 is 1.36. The van der Waals surface area contributed by atoms with Crippen LogP contribution in [0.5, 0.6) is 0 Å². The fourth-order valence-electron chi connectivity index (χ4n) is 3.41. The second-order valence-electron chi connectivity index (χ2n) is 6.49. The van der Waals surface area contributed by atoms with E-state index in [4.69, 9.17) is 0 Å². The molecule has 0 unspecified atom stereocenters. The van der Waals surface area contributed by atoms with Gasteiger partial charge in [0.1, 0.15) is 11.5 Å². The molecule has 0 spiro atoms. The fraction of sp³-hybridized carbons (Fsp3) is 0.278. The van der Waals surface area contributed by atoms with Crippen LogP contribution in [0.3, 0.4) is 0 Å². The quantitative estimate of drug-likeness (QED) is 0.639. The number of carbonyl (C=O) groups is 2. The Labute approximate surface area is 158 Å². The van der Waals surface area contributed by atoms with Crippen LogP contribution in [0.25, 0.3) is 5.00 Å². The van der Waals surface area contributed by atoms with E-state index in [1.807, 2.05) is 18.4 Å². The predicted molar refractivity (Wildman–Crippen MR) is 101 cm³/mol. The maximum Gasteiger partial charge on any atom is 0.369 e. The first kappa shape index (κ1) is 17.3. The van der Waals surface area contributed by atoms with Crippen LogP contribution >= 0.6 is 11.3 Å². The Kier molecular flexibility index (Phi) is 4.23. The number of tetrazole rings is 1. The van der Waals surface area contributed by atoms with Crippen LogP contribution in [-0.4, -0.2) is 37.5 Å². The van der Waals surface area contributed by atoms with Gasteiger partial charge in [-0.05, 0) is 65.0 Å². The number of thiophene rings is 1. The van der Waals surface area contributed by atoms with Crippen molar-refractivity contribution in [1.29, 1.82) is 0 Å². The summed E-state index contributed by atoms with van der Waals surface area (Å²) in [6.45, 7) is 3.33. The zero-order valence-corrected chi connectivity index (χ0v) is 15.6. The molecule has 138 valence electrons. The standard InChI is InChI=1S/C18H17N5O3S/c1-11-8-14-9-13(5-6-15(14)22(11)12(2)24)16(25)10-21-18(26)23(20-19-21)17-4-3-7-27-17/h3-7,9,11H,8,10H2,1-2H3/t11-/m0/s1. The van der Waals surface area contributed by atoms with Gasteiger partial charge in [0.2, 0.25) is 5.91 Å². The number of nitrogens with zero attached hydrogens (tertiary/aromatic N) is 5. The molecule has 1 aromatic carbocycles. The highest BCUT2D eigenvalue weighted by molar-refractivity contribution is 7.12. The van der Waals surface area contributed by atoms with Crippen molar-refractivity contribution in [2.24, 2.45) is 0 Å². The highest BCUT2D eigenvalue weighted by Crippen LogP contribution is 2.33. The van der Waals surface area contributed by atoms with Crippen LogP contribution < -0.4 is 10.6 Å². The molecule has 0 fully saturated rings. The summed E-state index contributed by atoms with van der Waals surface area (Å²) in [6.07, 6.45) is 0.699. The summed E-state index contributed by atoms with van der Waals surface area (Å²) in [6, 6.07) is 8.91. The van der Waals surface area contributed by atoms with Gasteiger partial charge >= 0.3 is 5.69 Å². The summed E-state index contributed by atoms with van der Waals surface area (Å²) in [4.78, 5) is 38.6. The van der Waals surface area contributed by atoms with Gasteiger partial charge in [-0.1, -0.05) is 0 Å². The minimum absolute atomic E-state index is 0.0166. The van der Waals surface area contributed by atoms with E-state index in [0.29, 0.717) is 17.0 Å². The number of hydrogen-bond acceptors (Lipinski definition) is 6. The first-order chi connectivity index (χ1) is 13.0. The zero-order valence-electron chi connectivity index (χ0n) is 14.8. The number of hydrogen-bond donors (Lipinski definition) is 0. The second kappa shape index (κ2) is 6.58. The summed E-state index contributed by atoms with van der Waals surface area (Å²) in [5, 5.41) is 10.1. The molecule has 0 radical (unpaired) electrons. The first-order valence-electron chi connectivity index (χ1n) is 8.48. The van der Waals surface area contributed by atoms with Crippen LogP contribution in [0.2, 0.25) is 0 Å². The van der Waals surface area contributed by atoms with E-state index in [9.17, 15) is 14.4 Å². The summed E-state index contributed by atoms with van der Waals surface area (Å²) < 4.78 is 2.23. The number of anilines is 1. The average molecular weight is 383 g/mol. The van der Waals surface area contributed by atoms with Crippen molar-refractivity contribution in [3.8, 4) is 5.00 Å². The molecule has 1 aliphatic heterocycles. The Morgan fingerprint density at radius 1 is 1.26 bits per heavy atom. The van der Waals surface area contributed by atoms with Gasteiger partial charge in [-0.3, -0.25) is 9.59 Å². The number of carbonyl (C=O) groups excluding carboxylic acids is 2. The minimum atomic E-state index is -0.455. The van der Waals surface area contributed by atoms with Gasteiger partial charge in [0, 0.05) is 24.2 Å². The highest BCUT2D eigenvalue weighted by atomic mass is 32.1. The van der Waals surface area contributed by atoms with E-state index in [1.165, 1.54) is 22.9 Å². The summed E-state index contributed by atoms with van der Waals surface area (Å²) in [5.74, 6) is -0.246. The van der Waals surface area contributed by atoms with Gasteiger partial charge in [-0.25, -0.2) is 4.79 Å². The van der Waals surface area contributed by atoms with Crippen molar-refractivity contribution in [3.63, 3.8) is 0 Å². The predicted octanol–water partition coefficient (Wildman–Crippen LogP) is 1.67. The van der Waals surface area contributed by atoms with E-state index < -0.39 is 5.69 Å². The largest absolute Gasteiger partial charge is 0.369 e. The Morgan fingerprint density at radius 3 is 2.78 bits per heavy atom. The van der Waals surface area contributed by atoms with Crippen molar-refractivity contribution < 1.29 is 9.59 Å². The minimum Gasteiger partial charge on any atom is -0.309 e. The van der Waals surface area contributed by atoms with Gasteiger partial charge in [0.15, 0.2) is 5.78 Å². The van der Waals surface area contributed by atoms with E-state index in [-0.39, 0.29) is 24.3 Å². The molecule has 9 heteroatoms. The zero-order chi connectivity index (χ0) is 19.1. The fourth-order valence-corrected chi connectivity index (χ4v) is 4.08. The Bertz CT molecular complexity index is 1080. The number of Topliss-reactive ketones (excluding diaryl/α,β-unsaturated/α-hetero) is 1. The number of fused-ring (bicyclic) bond motifs is 1. The number of benzene rings is 1. The Balaban J connectivity index is 1.58. The van der Waals surface area contributed by atoms with Crippen molar-refractivity contribution in [3.05, 3.63) is 57.3 Å². The van der Waals surface area contributed by atoms with Gasteiger partial charge in [-0.15, -0.1) is 11.3 Å². The Morgan fingerprint density at radius 2 is 2.07 bits per heavy atom. The molecule has 1 atom stereocenters. The maximum atomic E-state index is 12.6. The van der Waals surface area contributed by atoms with Gasteiger partial charge in [0.25, 0.3) is 0 Å². The number of rotatable bonds is 4. The monoisotopic (exact) mass is 383 g/mol. The van der Waals surface area contributed by atoms with E-state index in [1.54, 1.807) is 29.2 Å². The van der Waals surface area contributed by atoms with Gasteiger partial charge < -0.3 is 4.90 Å². The third kappa shape index (κ3) is 2.99. The topological polar surface area (TPSA) is 90.1 Å². The number of ketones is 1. The Hall–Kier alpha value is -3.07. The van der Waals surface area contributed by atoms with Crippen LogP contribution in [0.4, 0.5) is 5.69 Å². The van der Waals surface area contributed by atoms with Crippen LogP contribution in [0.15, 0.2) is 40.5 Å². The number of aromatic nitrogens is 4. The molecule has 0 bridgehead atoms. The molecule has 27 heavy (non-hydrogen) atoms. The molecule has 4 rings (SSSR count). The SMILES string of the molecule is CC(=O)N1c2ccc(C(=O)Cn3nnn(-c4cccs4)c3=O)cc2C[C@@H]1C.